The summed E-state index contributed by atoms with van der Waals surface area (Å²) in [5.74, 6) is 0.795. The van der Waals surface area contributed by atoms with Crippen molar-refractivity contribution in [2.24, 2.45) is 5.92 Å². The fourth-order valence-electron chi connectivity index (χ4n) is 5.33. The van der Waals surface area contributed by atoms with Crippen molar-refractivity contribution >= 4 is 30.7 Å². The Morgan fingerprint density at radius 2 is 1.90 bits per heavy atom. The summed E-state index contributed by atoms with van der Waals surface area (Å²) < 4.78 is 0. The number of hydrogen-bond donors (Lipinski definition) is 2. The Bertz CT molecular complexity index is 667. The van der Waals surface area contributed by atoms with Gasteiger partial charge in [0, 0.05) is 43.8 Å². The standard InChI is InChI=1S/C23H36N4O.2ClH/c1-26-11-13-27(14-12-26)23(8-2-3-9-23)18-25-22(28)21-6-4-5-19(16-21)15-20-7-10-24-17-20;;/h4-6,16,20,24H,2-3,7-15,17-18H2,1H3,(H,25,28);2*1H. The molecule has 2 N–H and O–H groups in total. The van der Waals surface area contributed by atoms with E-state index in [0.717, 1.165) is 57.8 Å². The Kier molecular flexibility index (Phi) is 9.89. The van der Waals surface area contributed by atoms with Crippen LogP contribution < -0.4 is 10.6 Å². The second-order valence-corrected chi connectivity index (χ2v) is 9.17. The van der Waals surface area contributed by atoms with Crippen LogP contribution >= 0.6 is 24.8 Å². The van der Waals surface area contributed by atoms with E-state index in [1.165, 1.54) is 37.7 Å². The number of amides is 1. The van der Waals surface area contributed by atoms with Gasteiger partial charge in [0.15, 0.2) is 0 Å². The van der Waals surface area contributed by atoms with Crippen molar-refractivity contribution < 1.29 is 4.79 Å². The summed E-state index contributed by atoms with van der Waals surface area (Å²) in [6.07, 6.45) is 7.31. The highest BCUT2D eigenvalue weighted by Crippen LogP contribution is 2.35. The number of likely N-dealkylation sites (N-methyl/N-ethyl adjacent to an activating group) is 1. The lowest BCUT2D eigenvalue weighted by Gasteiger charge is -2.45. The van der Waals surface area contributed by atoms with Gasteiger partial charge in [0.25, 0.3) is 5.91 Å². The van der Waals surface area contributed by atoms with E-state index in [-0.39, 0.29) is 36.3 Å². The molecule has 0 spiro atoms. The lowest BCUT2D eigenvalue weighted by atomic mass is 9.93. The predicted molar refractivity (Wildman–Crippen MR) is 128 cm³/mol. The Morgan fingerprint density at radius 1 is 1.17 bits per heavy atom. The minimum atomic E-state index is 0. The third kappa shape index (κ3) is 6.10. The molecular formula is C23H38Cl2N4O. The van der Waals surface area contributed by atoms with Crippen LogP contribution in [0.5, 0.6) is 0 Å². The van der Waals surface area contributed by atoms with Gasteiger partial charge in [0.1, 0.15) is 0 Å². The number of benzene rings is 1. The maximum atomic E-state index is 12.9. The van der Waals surface area contributed by atoms with E-state index in [1.54, 1.807) is 0 Å². The van der Waals surface area contributed by atoms with Crippen molar-refractivity contribution in [2.45, 2.75) is 44.1 Å². The van der Waals surface area contributed by atoms with Gasteiger partial charge in [0.05, 0.1) is 0 Å². The molecular weight excluding hydrogens is 419 g/mol. The highest BCUT2D eigenvalue weighted by molar-refractivity contribution is 5.94. The lowest BCUT2D eigenvalue weighted by molar-refractivity contribution is 0.0414. The zero-order valence-corrected chi connectivity index (χ0v) is 19.8. The molecule has 5 nitrogen and oxygen atoms in total. The molecule has 170 valence electrons. The first-order chi connectivity index (χ1) is 13.6. The molecule has 30 heavy (non-hydrogen) atoms. The Labute approximate surface area is 194 Å². The van der Waals surface area contributed by atoms with Gasteiger partial charge >= 0.3 is 0 Å². The molecule has 1 aromatic carbocycles. The minimum Gasteiger partial charge on any atom is -0.350 e. The number of carbonyl (C=O) groups excluding carboxylic acids is 1. The van der Waals surface area contributed by atoms with Crippen LogP contribution in [0, 0.1) is 5.92 Å². The molecule has 0 bridgehead atoms. The van der Waals surface area contributed by atoms with Crippen LogP contribution in [0.15, 0.2) is 24.3 Å². The third-order valence-corrected chi connectivity index (χ3v) is 7.16. The molecule has 7 heteroatoms. The minimum absolute atomic E-state index is 0. The van der Waals surface area contributed by atoms with Crippen LogP contribution in [0.1, 0.15) is 48.0 Å². The average molecular weight is 457 g/mol. The molecule has 1 saturated carbocycles. The molecule has 3 aliphatic rings. The molecule has 1 unspecified atom stereocenters. The van der Waals surface area contributed by atoms with Crippen molar-refractivity contribution in [1.82, 2.24) is 20.4 Å². The maximum Gasteiger partial charge on any atom is 0.251 e. The molecule has 2 aliphatic heterocycles. The van der Waals surface area contributed by atoms with Crippen LogP contribution in [-0.2, 0) is 6.42 Å². The number of rotatable bonds is 6. The second-order valence-electron chi connectivity index (χ2n) is 9.17. The van der Waals surface area contributed by atoms with Gasteiger partial charge in [-0.25, -0.2) is 0 Å². The van der Waals surface area contributed by atoms with Crippen molar-refractivity contribution in [3.63, 3.8) is 0 Å². The van der Waals surface area contributed by atoms with E-state index < -0.39 is 0 Å². The predicted octanol–water partition coefficient (Wildman–Crippen LogP) is 2.97. The first-order valence-corrected chi connectivity index (χ1v) is 11.2. The normalized spacial score (nSPS) is 24.1. The molecule has 2 saturated heterocycles. The SMILES string of the molecule is CN1CCN(C2(CNC(=O)c3cccc(CC4CCNC4)c3)CCCC2)CC1.Cl.Cl. The molecule has 0 radical (unpaired) electrons. The van der Waals surface area contributed by atoms with Crippen LogP contribution in [-0.4, -0.2) is 74.1 Å². The second kappa shape index (κ2) is 11.7. The molecule has 0 aromatic heterocycles. The topological polar surface area (TPSA) is 47.6 Å². The van der Waals surface area contributed by atoms with Crippen molar-refractivity contribution in [3.8, 4) is 0 Å². The fraction of sp³-hybridized carbons (Fsp3) is 0.696. The van der Waals surface area contributed by atoms with E-state index in [0.29, 0.717) is 5.92 Å². The van der Waals surface area contributed by atoms with Crippen molar-refractivity contribution in [1.29, 1.82) is 0 Å². The van der Waals surface area contributed by atoms with Gasteiger partial charge in [-0.3, -0.25) is 9.69 Å². The molecule has 1 aliphatic carbocycles. The van der Waals surface area contributed by atoms with Crippen LogP contribution in [0.2, 0.25) is 0 Å². The molecule has 3 fully saturated rings. The number of piperazine rings is 1. The van der Waals surface area contributed by atoms with Crippen LogP contribution in [0.3, 0.4) is 0 Å². The summed E-state index contributed by atoms with van der Waals surface area (Å²) >= 11 is 0. The molecule has 4 rings (SSSR count). The largest absolute Gasteiger partial charge is 0.350 e. The van der Waals surface area contributed by atoms with Gasteiger partial charge in [-0.15, -0.1) is 24.8 Å². The van der Waals surface area contributed by atoms with E-state index in [9.17, 15) is 4.79 Å². The number of hydrogen-bond acceptors (Lipinski definition) is 4. The summed E-state index contributed by atoms with van der Waals surface area (Å²) in [7, 11) is 2.20. The van der Waals surface area contributed by atoms with E-state index in [4.69, 9.17) is 0 Å². The zero-order chi connectivity index (χ0) is 19.4. The Morgan fingerprint density at radius 3 is 2.57 bits per heavy atom. The lowest BCUT2D eigenvalue weighted by Crippen LogP contribution is -2.59. The first kappa shape index (κ1) is 25.4. The number of nitrogens with zero attached hydrogens (tertiary/aromatic N) is 2. The van der Waals surface area contributed by atoms with Crippen molar-refractivity contribution in [2.75, 3.05) is 52.9 Å². The summed E-state index contributed by atoms with van der Waals surface area (Å²) in [5, 5.41) is 6.74. The van der Waals surface area contributed by atoms with Crippen molar-refractivity contribution in [3.05, 3.63) is 35.4 Å². The van der Waals surface area contributed by atoms with Gasteiger partial charge in [-0.2, -0.15) is 0 Å². The quantitative estimate of drug-likeness (QED) is 0.690. The van der Waals surface area contributed by atoms with E-state index >= 15 is 0 Å². The summed E-state index contributed by atoms with van der Waals surface area (Å²) in [6, 6.07) is 8.27. The molecule has 1 atom stereocenters. The first-order valence-electron chi connectivity index (χ1n) is 11.2. The molecule has 1 aromatic rings. The summed E-state index contributed by atoms with van der Waals surface area (Å²) in [4.78, 5) is 18.0. The van der Waals surface area contributed by atoms with Gasteiger partial charge in [-0.1, -0.05) is 25.0 Å². The fourth-order valence-corrected chi connectivity index (χ4v) is 5.33. The van der Waals surface area contributed by atoms with Gasteiger partial charge < -0.3 is 15.5 Å². The Hall–Kier alpha value is -0.850. The van der Waals surface area contributed by atoms with Crippen LogP contribution in [0.4, 0.5) is 0 Å². The number of carbonyl (C=O) groups is 1. The number of nitrogens with one attached hydrogen (secondary N) is 2. The third-order valence-electron chi connectivity index (χ3n) is 7.16. The van der Waals surface area contributed by atoms with Crippen LogP contribution in [0.25, 0.3) is 0 Å². The molecule has 1 amide bonds. The molecule has 2 heterocycles. The summed E-state index contributed by atoms with van der Waals surface area (Å²) in [5.41, 5.74) is 2.27. The Balaban J connectivity index is 0.00000160. The zero-order valence-electron chi connectivity index (χ0n) is 18.2. The monoisotopic (exact) mass is 456 g/mol. The average Bonchev–Trinajstić information content (AvgIpc) is 3.40. The van der Waals surface area contributed by atoms with Gasteiger partial charge in [0.2, 0.25) is 0 Å². The van der Waals surface area contributed by atoms with Gasteiger partial charge in [-0.05, 0) is 69.4 Å². The highest BCUT2D eigenvalue weighted by Gasteiger charge is 2.40. The summed E-state index contributed by atoms with van der Waals surface area (Å²) in [6.45, 7) is 7.52. The smallest absolute Gasteiger partial charge is 0.251 e. The van der Waals surface area contributed by atoms with E-state index in [1.807, 2.05) is 12.1 Å². The van der Waals surface area contributed by atoms with E-state index in [2.05, 4.69) is 39.6 Å². The highest BCUT2D eigenvalue weighted by atomic mass is 35.5. The maximum absolute atomic E-state index is 12.9. The number of halogens is 2.